The fraction of sp³-hybridized carbons (Fsp3) is 0.353. The molecule has 3 aromatic rings. The molecule has 0 aliphatic heterocycles. The maximum Gasteiger partial charge on any atom is 0.134 e. The highest BCUT2D eigenvalue weighted by Gasteiger charge is 2.20. The Kier molecular flexibility index (Phi) is 3.80. The average molecular weight is 283 g/mol. The molecular weight excluding hydrogens is 262 g/mol. The predicted octanol–water partition coefficient (Wildman–Crippen LogP) is 3.56. The summed E-state index contributed by atoms with van der Waals surface area (Å²) in [4.78, 5) is 0. The Morgan fingerprint density at radius 2 is 2.14 bits per heavy atom. The number of aryl methyl sites for hydroxylation is 2. The summed E-state index contributed by atoms with van der Waals surface area (Å²) in [6, 6.07) is 10.5. The van der Waals surface area contributed by atoms with Gasteiger partial charge >= 0.3 is 0 Å². The molecule has 0 amide bonds. The Balaban J connectivity index is 2.03. The van der Waals surface area contributed by atoms with Crippen LogP contribution < -0.4 is 5.32 Å². The van der Waals surface area contributed by atoms with Crippen molar-refractivity contribution < 1.29 is 4.42 Å². The van der Waals surface area contributed by atoms with Crippen LogP contribution in [0.3, 0.4) is 0 Å². The van der Waals surface area contributed by atoms with E-state index in [-0.39, 0.29) is 6.04 Å². The standard InChI is InChI=1S/C17H21N3O/c1-4-8-18-17(14-7-9-19-20(14)3)16-11-13-10-12(2)5-6-15(13)21-16/h5-7,9-11,17-18H,4,8H2,1-3H3. The zero-order chi connectivity index (χ0) is 14.8. The van der Waals surface area contributed by atoms with E-state index in [0.29, 0.717) is 0 Å². The van der Waals surface area contributed by atoms with Gasteiger partial charge in [0, 0.05) is 18.6 Å². The molecular formula is C17H21N3O. The number of nitrogens with zero attached hydrogens (tertiary/aromatic N) is 2. The predicted molar refractivity (Wildman–Crippen MR) is 84.3 cm³/mol. The van der Waals surface area contributed by atoms with Crippen LogP contribution in [-0.2, 0) is 7.05 Å². The van der Waals surface area contributed by atoms with E-state index >= 15 is 0 Å². The van der Waals surface area contributed by atoms with Crippen molar-refractivity contribution in [3.05, 3.63) is 53.5 Å². The number of hydrogen-bond acceptors (Lipinski definition) is 3. The first-order valence-corrected chi connectivity index (χ1v) is 7.40. The van der Waals surface area contributed by atoms with Crippen molar-refractivity contribution >= 4 is 11.0 Å². The van der Waals surface area contributed by atoms with Gasteiger partial charge in [0.15, 0.2) is 0 Å². The molecule has 1 aromatic carbocycles. The summed E-state index contributed by atoms with van der Waals surface area (Å²) in [6.45, 7) is 5.20. The summed E-state index contributed by atoms with van der Waals surface area (Å²) in [5.41, 5.74) is 3.29. The van der Waals surface area contributed by atoms with E-state index in [9.17, 15) is 0 Å². The fourth-order valence-corrected chi connectivity index (χ4v) is 2.63. The summed E-state index contributed by atoms with van der Waals surface area (Å²) < 4.78 is 7.95. The van der Waals surface area contributed by atoms with Crippen LogP contribution in [0.5, 0.6) is 0 Å². The lowest BCUT2D eigenvalue weighted by atomic mass is 10.1. The smallest absolute Gasteiger partial charge is 0.134 e. The molecule has 1 N–H and O–H groups in total. The molecule has 21 heavy (non-hydrogen) atoms. The van der Waals surface area contributed by atoms with Crippen LogP contribution in [0.15, 0.2) is 40.9 Å². The van der Waals surface area contributed by atoms with E-state index in [1.807, 2.05) is 30.1 Å². The molecule has 0 aliphatic carbocycles. The highest BCUT2D eigenvalue weighted by atomic mass is 16.3. The molecule has 110 valence electrons. The fourth-order valence-electron chi connectivity index (χ4n) is 2.63. The van der Waals surface area contributed by atoms with Crippen LogP contribution in [0.1, 0.15) is 36.4 Å². The Labute approximate surface area is 124 Å². The molecule has 0 saturated heterocycles. The van der Waals surface area contributed by atoms with Crippen LogP contribution in [0.25, 0.3) is 11.0 Å². The lowest BCUT2D eigenvalue weighted by molar-refractivity contribution is 0.451. The molecule has 2 heterocycles. The van der Waals surface area contributed by atoms with Gasteiger partial charge in [-0.2, -0.15) is 5.10 Å². The van der Waals surface area contributed by atoms with Gasteiger partial charge in [-0.3, -0.25) is 4.68 Å². The summed E-state index contributed by atoms with van der Waals surface area (Å²) in [7, 11) is 1.96. The molecule has 4 heteroatoms. The Bertz CT molecular complexity index is 741. The van der Waals surface area contributed by atoms with Crippen LogP contribution in [0, 0.1) is 6.92 Å². The third-order valence-electron chi connectivity index (χ3n) is 3.73. The molecule has 0 aliphatic rings. The third kappa shape index (κ3) is 2.72. The largest absolute Gasteiger partial charge is 0.459 e. The maximum atomic E-state index is 6.06. The molecule has 0 spiro atoms. The second-order valence-corrected chi connectivity index (χ2v) is 5.46. The van der Waals surface area contributed by atoms with Crippen molar-refractivity contribution in [1.29, 1.82) is 0 Å². The van der Waals surface area contributed by atoms with Gasteiger partial charge in [0.2, 0.25) is 0 Å². The van der Waals surface area contributed by atoms with Gasteiger partial charge in [0.25, 0.3) is 0 Å². The van der Waals surface area contributed by atoms with E-state index in [4.69, 9.17) is 4.42 Å². The summed E-state index contributed by atoms with van der Waals surface area (Å²) in [5.74, 6) is 0.938. The number of fused-ring (bicyclic) bond motifs is 1. The maximum absolute atomic E-state index is 6.06. The lowest BCUT2D eigenvalue weighted by Gasteiger charge is -2.16. The number of hydrogen-bond donors (Lipinski definition) is 1. The van der Waals surface area contributed by atoms with Gasteiger partial charge < -0.3 is 9.73 Å². The van der Waals surface area contributed by atoms with Gasteiger partial charge in [-0.25, -0.2) is 0 Å². The van der Waals surface area contributed by atoms with Crippen molar-refractivity contribution in [3.63, 3.8) is 0 Å². The van der Waals surface area contributed by atoms with Crippen LogP contribution in [-0.4, -0.2) is 16.3 Å². The van der Waals surface area contributed by atoms with Crippen molar-refractivity contribution in [3.8, 4) is 0 Å². The van der Waals surface area contributed by atoms with E-state index in [1.54, 1.807) is 0 Å². The number of aromatic nitrogens is 2. The normalized spacial score (nSPS) is 12.9. The van der Waals surface area contributed by atoms with Crippen LogP contribution in [0.4, 0.5) is 0 Å². The summed E-state index contributed by atoms with van der Waals surface area (Å²) in [5, 5.41) is 8.97. The van der Waals surface area contributed by atoms with Crippen molar-refractivity contribution in [2.75, 3.05) is 6.54 Å². The Morgan fingerprint density at radius 1 is 1.29 bits per heavy atom. The Hall–Kier alpha value is -2.07. The second-order valence-electron chi connectivity index (χ2n) is 5.46. The van der Waals surface area contributed by atoms with E-state index < -0.39 is 0 Å². The Morgan fingerprint density at radius 3 is 2.86 bits per heavy atom. The minimum Gasteiger partial charge on any atom is -0.459 e. The highest BCUT2D eigenvalue weighted by molar-refractivity contribution is 5.78. The van der Waals surface area contributed by atoms with E-state index in [2.05, 4.69) is 42.5 Å². The lowest BCUT2D eigenvalue weighted by Crippen LogP contribution is -2.24. The minimum atomic E-state index is 0.0326. The first-order chi connectivity index (χ1) is 10.2. The van der Waals surface area contributed by atoms with Gasteiger partial charge in [-0.05, 0) is 44.2 Å². The molecule has 3 rings (SSSR count). The SMILES string of the molecule is CCCNC(c1cc2cc(C)ccc2o1)c1ccnn1C. The minimum absolute atomic E-state index is 0.0326. The average Bonchev–Trinajstić information content (AvgIpc) is 3.06. The van der Waals surface area contributed by atoms with Crippen molar-refractivity contribution in [1.82, 2.24) is 15.1 Å². The molecule has 0 fully saturated rings. The van der Waals surface area contributed by atoms with Gasteiger partial charge in [-0.15, -0.1) is 0 Å². The van der Waals surface area contributed by atoms with E-state index in [1.165, 1.54) is 5.56 Å². The molecule has 0 radical (unpaired) electrons. The van der Waals surface area contributed by atoms with Crippen molar-refractivity contribution in [2.45, 2.75) is 26.3 Å². The van der Waals surface area contributed by atoms with Gasteiger partial charge in [-0.1, -0.05) is 18.6 Å². The highest BCUT2D eigenvalue weighted by Crippen LogP contribution is 2.28. The molecule has 0 bridgehead atoms. The number of furan rings is 1. The van der Waals surface area contributed by atoms with Crippen molar-refractivity contribution in [2.24, 2.45) is 7.05 Å². The molecule has 1 unspecified atom stereocenters. The second kappa shape index (κ2) is 5.74. The quantitative estimate of drug-likeness (QED) is 0.778. The van der Waals surface area contributed by atoms with Crippen LogP contribution >= 0.6 is 0 Å². The molecule has 0 saturated carbocycles. The summed E-state index contributed by atoms with van der Waals surface area (Å²) >= 11 is 0. The summed E-state index contributed by atoms with van der Waals surface area (Å²) in [6.07, 6.45) is 2.90. The molecule has 2 aromatic heterocycles. The zero-order valence-electron chi connectivity index (χ0n) is 12.8. The zero-order valence-corrected chi connectivity index (χ0v) is 12.8. The number of nitrogens with one attached hydrogen (secondary N) is 1. The monoisotopic (exact) mass is 283 g/mol. The number of rotatable bonds is 5. The van der Waals surface area contributed by atoms with Gasteiger partial charge in [0.05, 0.1) is 5.69 Å². The molecule has 1 atom stereocenters. The van der Waals surface area contributed by atoms with Crippen LogP contribution in [0.2, 0.25) is 0 Å². The molecule has 4 nitrogen and oxygen atoms in total. The number of benzene rings is 1. The van der Waals surface area contributed by atoms with Gasteiger partial charge in [0.1, 0.15) is 17.4 Å². The third-order valence-corrected chi connectivity index (χ3v) is 3.73. The topological polar surface area (TPSA) is 43.0 Å². The first kappa shape index (κ1) is 13.9. The first-order valence-electron chi connectivity index (χ1n) is 7.40. The van der Waals surface area contributed by atoms with E-state index in [0.717, 1.165) is 35.4 Å².